The molecule has 0 bridgehead atoms. The van der Waals surface area contributed by atoms with Crippen molar-refractivity contribution in [3.63, 3.8) is 0 Å². The fourth-order valence-corrected chi connectivity index (χ4v) is 4.10. The molecule has 2 N–H and O–H groups in total. The lowest BCUT2D eigenvalue weighted by atomic mass is 9.92. The van der Waals surface area contributed by atoms with Gasteiger partial charge in [0.15, 0.2) is 5.72 Å². The average Bonchev–Trinajstić information content (AvgIpc) is 3.46. The lowest BCUT2D eigenvalue weighted by Gasteiger charge is -2.28. The smallest absolute Gasteiger partial charge is 0.174 e. The van der Waals surface area contributed by atoms with E-state index >= 15 is 0 Å². The zero-order valence-corrected chi connectivity index (χ0v) is 17.1. The highest BCUT2D eigenvalue weighted by Gasteiger charge is 2.56. The molecule has 5 rings (SSSR count). The SMILES string of the molecule is CC(C)c1cc(-c2cccc([C@@H]3OC3(N)C3=CCN([O-])C=C3)c2)c2ncccc2c1. The molecule has 3 heterocycles. The van der Waals surface area contributed by atoms with Crippen LogP contribution in [0.15, 0.2) is 78.7 Å². The third-order valence-electron chi connectivity index (χ3n) is 5.90. The van der Waals surface area contributed by atoms with E-state index in [2.05, 4.69) is 49.2 Å². The Morgan fingerprint density at radius 2 is 2.07 bits per heavy atom. The predicted octanol–water partition coefficient (Wildman–Crippen LogP) is 5.01. The number of epoxide rings is 1. The average molecular weight is 398 g/mol. The van der Waals surface area contributed by atoms with Gasteiger partial charge in [-0.1, -0.05) is 44.2 Å². The first kappa shape index (κ1) is 19.0. The van der Waals surface area contributed by atoms with Gasteiger partial charge in [-0.15, -0.1) is 0 Å². The van der Waals surface area contributed by atoms with Crippen molar-refractivity contribution in [3.8, 4) is 11.1 Å². The van der Waals surface area contributed by atoms with Gasteiger partial charge in [0.25, 0.3) is 0 Å². The number of benzene rings is 2. The minimum atomic E-state index is -0.878. The number of pyridine rings is 1. The lowest BCUT2D eigenvalue weighted by molar-refractivity contribution is 0.328. The quantitative estimate of drug-likeness (QED) is 0.626. The fraction of sp³-hybridized carbons (Fsp3) is 0.240. The summed E-state index contributed by atoms with van der Waals surface area (Å²) in [6.07, 6.45) is 6.67. The summed E-state index contributed by atoms with van der Waals surface area (Å²) in [5.74, 6) is 0.422. The van der Waals surface area contributed by atoms with Gasteiger partial charge in [0.1, 0.15) is 6.10 Å². The number of fused-ring (bicyclic) bond motifs is 1. The van der Waals surface area contributed by atoms with Gasteiger partial charge in [-0.05, 0) is 59.1 Å². The zero-order chi connectivity index (χ0) is 20.9. The zero-order valence-electron chi connectivity index (χ0n) is 17.1. The highest BCUT2D eigenvalue weighted by atomic mass is 16.6. The Hall–Kier alpha value is -2.99. The molecule has 0 aliphatic carbocycles. The van der Waals surface area contributed by atoms with Gasteiger partial charge in [-0.3, -0.25) is 10.7 Å². The number of hydrogen-bond donors (Lipinski definition) is 1. The van der Waals surface area contributed by atoms with Gasteiger partial charge < -0.3 is 15.0 Å². The van der Waals surface area contributed by atoms with Crippen LogP contribution in [0, 0.1) is 5.21 Å². The molecule has 0 saturated carbocycles. The molecule has 1 fully saturated rings. The highest BCUT2D eigenvalue weighted by molar-refractivity contribution is 5.94. The molecule has 1 aromatic heterocycles. The summed E-state index contributed by atoms with van der Waals surface area (Å²) in [6, 6.07) is 16.9. The molecule has 152 valence electrons. The molecule has 2 atom stereocenters. The van der Waals surface area contributed by atoms with Crippen molar-refractivity contribution in [1.82, 2.24) is 10.0 Å². The third kappa shape index (κ3) is 3.21. The van der Waals surface area contributed by atoms with E-state index in [1.807, 2.05) is 30.5 Å². The second-order valence-electron chi connectivity index (χ2n) is 8.29. The normalized spacial score (nSPS) is 23.2. The molecule has 1 unspecified atom stereocenters. The van der Waals surface area contributed by atoms with Crippen molar-refractivity contribution in [2.24, 2.45) is 5.73 Å². The molecular weight excluding hydrogens is 374 g/mol. The largest absolute Gasteiger partial charge is 0.758 e. The van der Waals surface area contributed by atoms with Crippen molar-refractivity contribution in [2.75, 3.05) is 6.54 Å². The molecule has 2 aliphatic rings. The van der Waals surface area contributed by atoms with Crippen molar-refractivity contribution in [3.05, 3.63) is 95.0 Å². The van der Waals surface area contributed by atoms with Crippen LogP contribution in [-0.4, -0.2) is 22.3 Å². The van der Waals surface area contributed by atoms with E-state index in [4.69, 9.17) is 10.5 Å². The minimum absolute atomic E-state index is 0.237. The Morgan fingerprint density at radius 1 is 1.20 bits per heavy atom. The van der Waals surface area contributed by atoms with Crippen molar-refractivity contribution < 1.29 is 4.74 Å². The molecule has 3 aromatic rings. The van der Waals surface area contributed by atoms with E-state index in [1.165, 1.54) is 11.8 Å². The lowest BCUT2D eigenvalue weighted by Crippen LogP contribution is -2.29. The maximum Gasteiger partial charge on any atom is 0.174 e. The van der Waals surface area contributed by atoms with Crippen LogP contribution in [0.4, 0.5) is 0 Å². The Labute approximate surface area is 176 Å². The van der Waals surface area contributed by atoms with E-state index in [0.29, 0.717) is 12.5 Å². The van der Waals surface area contributed by atoms with Gasteiger partial charge in [0.2, 0.25) is 0 Å². The van der Waals surface area contributed by atoms with E-state index in [1.54, 1.807) is 6.08 Å². The molecule has 5 heteroatoms. The highest BCUT2D eigenvalue weighted by Crippen LogP contribution is 2.51. The van der Waals surface area contributed by atoms with Gasteiger partial charge in [0, 0.05) is 29.3 Å². The van der Waals surface area contributed by atoms with Crippen molar-refractivity contribution >= 4 is 10.9 Å². The molecule has 2 aliphatic heterocycles. The predicted molar refractivity (Wildman–Crippen MR) is 119 cm³/mol. The molecule has 1 saturated heterocycles. The number of rotatable bonds is 4. The van der Waals surface area contributed by atoms with Crippen molar-refractivity contribution in [2.45, 2.75) is 31.6 Å². The molecule has 5 nitrogen and oxygen atoms in total. The van der Waals surface area contributed by atoms with E-state index in [0.717, 1.165) is 38.2 Å². The van der Waals surface area contributed by atoms with Crippen LogP contribution in [-0.2, 0) is 4.74 Å². The number of hydroxylamine groups is 2. The first-order chi connectivity index (χ1) is 14.5. The van der Waals surface area contributed by atoms with Crippen LogP contribution in [0.3, 0.4) is 0 Å². The molecule has 0 radical (unpaired) electrons. The van der Waals surface area contributed by atoms with E-state index in [-0.39, 0.29) is 6.10 Å². The van der Waals surface area contributed by atoms with Crippen molar-refractivity contribution in [1.29, 1.82) is 0 Å². The Bertz CT molecular complexity index is 1180. The Kier molecular flexibility index (Phi) is 4.47. The second-order valence-corrected chi connectivity index (χ2v) is 8.29. The second kappa shape index (κ2) is 7.06. The molecule has 0 amide bonds. The molecule has 2 aromatic carbocycles. The number of hydrogen-bond acceptors (Lipinski definition) is 5. The van der Waals surface area contributed by atoms with Gasteiger partial charge >= 0.3 is 0 Å². The standard InChI is InChI=1S/C25H24N3O2/c1-16(2)20-14-18-7-4-10-27-23(18)22(15-20)17-5-3-6-19(13-17)24-25(26,30-24)21-8-11-28(29)12-9-21/h3-11,13-16,24H,12,26H2,1-2H3/q-1/t24-,25?/m0/s1. The summed E-state index contributed by atoms with van der Waals surface area (Å²) in [5, 5.41) is 13.4. The summed E-state index contributed by atoms with van der Waals surface area (Å²) < 4.78 is 5.93. The van der Waals surface area contributed by atoms with Gasteiger partial charge in [-0.2, -0.15) is 0 Å². The van der Waals surface area contributed by atoms with Gasteiger partial charge in [0.05, 0.1) is 5.52 Å². The monoisotopic (exact) mass is 398 g/mol. The first-order valence-electron chi connectivity index (χ1n) is 10.2. The topological polar surface area (TPSA) is 77.7 Å². The summed E-state index contributed by atoms with van der Waals surface area (Å²) in [5.41, 5.74) is 12.0. The molecule has 30 heavy (non-hydrogen) atoms. The fourth-order valence-electron chi connectivity index (χ4n) is 4.10. The van der Waals surface area contributed by atoms with Crippen LogP contribution >= 0.6 is 0 Å². The van der Waals surface area contributed by atoms with E-state index < -0.39 is 5.72 Å². The number of ether oxygens (including phenoxy) is 1. The minimum Gasteiger partial charge on any atom is -0.758 e. The molecule has 0 spiro atoms. The van der Waals surface area contributed by atoms with Crippen LogP contribution in [0.1, 0.15) is 37.0 Å². The maximum absolute atomic E-state index is 11.4. The molecular formula is C25H24N3O2-. The number of nitrogens with zero attached hydrogens (tertiary/aromatic N) is 2. The maximum atomic E-state index is 11.4. The summed E-state index contributed by atoms with van der Waals surface area (Å²) >= 11 is 0. The number of nitrogens with two attached hydrogens (primary N) is 1. The number of aromatic nitrogens is 1. The summed E-state index contributed by atoms with van der Waals surface area (Å²) in [7, 11) is 0. The third-order valence-corrected chi connectivity index (χ3v) is 5.90. The van der Waals surface area contributed by atoms with Gasteiger partial charge in [-0.25, -0.2) is 0 Å². The van der Waals surface area contributed by atoms with Crippen LogP contribution in [0.2, 0.25) is 0 Å². The van der Waals surface area contributed by atoms with Crippen LogP contribution in [0.25, 0.3) is 22.0 Å². The van der Waals surface area contributed by atoms with Crippen LogP contribution < -0.4 is 5.73 Å². The van der Waals surface area contributed by atoms with Crippen LogP contribution in [0.5, 0.6) is 0 Å². The summed E-state index contributed by atoms with van der Waals surface area (Å²) in [6.45, 7) is 4.69. The Balaban J connectivity index is 1.53. The van der Waals surface area contributed by atoms with E-state index in [9.17, 15) is 5.21 Å². The first-order valence-corrected chi connectivity index (χ1v) is 10.2. The Morgan fingerprint density at radius 3 is 2.83 bits per heavy atom. The summed E-state index contributed by atoms with van der Waals surface area (Å²) in [4.78, 5) is 4.65.